The average molecular weight is 389 g/mol. The predicted molar refractivity (Wildman–Crippen MR) is 97.6 cm³/mol. The lowest BCUT2D eigenvalue weighted by atomic mass is 10.0. The molecule has 0 aliphatic rings. The van der Waals surface area contributed by atoms with E-state index in [-0.39, 0.29) is 24.5 Å². The van der Waals surface area contributed by atoms with Crippen LogP contribution in [-0.4, -0.2) is 28.6 Å². The SMILES string of the molecule is NCC(Oc1ccc(C(F)(F)F)cc1)C(=O)Cc1ccc(-c2cn[nH]c2)cc1. The molecule has 28 heavy (non-hydrogen) atoms. The first kappa shape index (κ1) is 19.6. The second-order valence-corrected chi connectivity index (χ2v) is 6.19. The van der Waals surface area contributed by atoms with Gasteiger partial charge in [-0.05, 0) is 35.4 Å². The Labute approximate surface area is 159 Å². The van der Waals surface area contributed by atoms with Crippen molar-refractivity contribution in [2.75, 3.05) is 6.54 Å². The van der Waals surface area contributed by atoms with Crippen LogP contribution in [0.5, 0.6) is 5.75 Å². The van der Waals surface area contributed by atoms with Crippen LogP contribution in [0, 0.1) is 0 Å². The van der Waals surface area contributed by atoms with Gasteiger partial charge in [0.2, 0.25) is 0 Å². The fraction of sp³-hybridized carbons (Fsp3) is 0.200. The van der Waals surface area contributed by atoms with E-state index in [4.69, 9.17) is 10.5 Å². The van der Waals surface area contributed by atoms with E-state index in [1.54, 1.807) is 12.4 Å². The van der Waals surface area contributed by atoms with Crippen molar-refractivity contribution in [3.8, 4) is 16.9 Å². The number of carbonyl (C=O) groups excluding carboxylic acids is 1. The van der Waals surface area contributed by atoms with Gasteiger partial charge in [0.15, 0.2) is 11.9 Å². The summed E-state index contributed by atoms with van der Waals surface area (Å²) < 4.78 is 43.3. The highest BCUT2D eigenvalue weighted by Crippen LogP contribution is 2.30. The Morgan fingerprint density at radius 2 is 1.75 bits per heavy atom. The van der Waals surface area contributed by atoms with Crippen LogP contribution < -0.4 is 10.5 Å². The first-order valence-electron chi connectivity index (χ1n) is 8.51. The Balaban J connectivity index is 1.63. The van der Waals surface area contributed by atoms with Crippen LogP contribution in [0.25, 0.3) is 11.1 Å². The number of H-pyrrole nitrogens is 1. The van der Waals surface area contributed by atoms with Crippen LogP contribution in [0.2, 0.25) is 0 Å². The van der Waals surface area contributed by atoms with Gasteiger partial charge in [0, 0.05) is 24.7 Å². The first-order chi connectivity index (χ1) is 13.4. The highest BCUT2D eigenvalue weighted by Gasteiger charge is 2.30. The van der Waals surface area contributed by atoms with Crippen molar-refractivity contribution in [2.24, 2.45) is 5.73 Å². The van der Waals surface area contributed by atoms with Gasteiger partial charge in [0.05, 0.1) is 11.8 Å². The molecule has 0 aliphatic carbocycles. The molecule has 5 nitrogen and oxygen atoms in total. The molecule has 3 N–H and O–H groups in total. The third-order valence-corrected chi connectivity index (χ3v) is 4.20. The molecule has 0 amide bonds. The molecule has 0 saturated heterocycles. The Hall–Kier alpha value is -3.13. The maximum Gasteiger partial charge on any atom is 0.416 e. The number of nitrogens with zero attached hydrogens (tertiary/aromatic N) is 1. The van der Waals surface area contributed by atoms with Gasteiger partial charge >= 0.3 is 6.18 Å². The lowest BCUT2D eigenvalue weighted by Gasteiger charge is -2.17. The van der Waals surface area contributed by atoms with Gasteiger partial charge in [-0.25, -0.2) is 0 Å². The van der Waals surface area contributed by atoms with Gasteiger partial charge in [-0.3, -0.25) is 9.89 Å². The molecule has 1 heterocycles. The quantitative estimate of drug-likeness (QED) is 0.647. The summed E-state index contributed by atoms with van der Waals surface area (Å²) in [6, 6.07) is 11.6. The molecule has 1 aromatic heterocycles. The molecule has 0 saturated carbocycles. The van der Waals surface area contributed by atoms with Gasteiger partial charge < -0.3 is 10.5 Å². The minimum Gasteiger partial charge on any atom is -0.481 e. The summed E-state index contributed by atoms with van der Waals surface area (Å²) in [5, 5.41) is 6.63. The van der Waals surface area contributed by atoms with Gasteiger partial charge in [-0.2, -0.15) is 18.3 Å². The molecule has 1 unspecified atom stereocenters. The topological polar surface area (TPSA) is 81.0 Å². The van der Waals surface area contributed by atoms with Gasteiger partial charge in [-0.1, -0.05) is 24.3 Å². The molecular formula is C20H18F3N3O2. The minimum atomic E-state index is -4.43. The normalized spacial score (nSPS) is 12.6. The number of aromatic amines is 1. The van der Waals surface area contributed by atoms with E-state index < -0.39 is 17.8 Å². The molecule has 3 aromatic rings. The molecular weight excluding hydrogens is 371 g/mol. The number of alkyl halides is 3. The standard InChI is InChI=1S/C20H18F3N3O2/c21-20(22,23)16-5-7-17(8-6-16)28-19(10-24)18(27)9-13-1-3-14(4-2-13)15-11-25-26-12-15/h1-8,11-12,19H,9-10,24H2,(H,25,26). The van der Waals surface area contributed by atoms with Gasteiger partial charge in [0.25, 0.3) is 0 Å². The van der Waals surface area contributed by atoms with E-state index in [2.05, 4.69) is 10.2 Å². The van der Waals surface area contributed by atoms with Crippen LogP contribution in [0.3, 0.4) is 0 Å². The maximum absolute atomic E-state index is 12.6. The number of benzene rings is 2. The fourth-order valence-electron chi connectivity index (χ4n) is 2.67. The summed E-state index contributed by atoms with van der Waals surface area (Å²) in [5.41, 5.74) is 7.52. The summed E-state index contributed by atoms with van der Waals surface area (Å²) >= 11 is 0. The zero-order valence-electron chi connectivity index (χ0n) is 14.7. The number of aromatic nitrogens is 2. The Morgan fingerprint density at radius 3 is 2.29 bits per heavy atom. The lowest BCUT2D eigenvalue weighted by Crippen LogP contribution is -2.36. The van der Waals surface area contributed by atoms with Gasteiger partial charge in [0.1, 0.15) is 5.75 Å². The van der Waals surface area contributed by atoms with Crippen LogP contribution in [0.4, 0.5) is 13.2 Å². The van der Waals surface area contributed by atoms with Crippen LogP contribution in [0.1, 0.15) is 11.1 Å². The highest BCUT2D eigenvalue weighted by atomic mass is 19.4. The van der Waals surface area contributed by atoms with Crippen molar-refractivity contribution >= 4 is 5.78 Å². The van der Waals surface area contributed by atoms with E-state index in [1.165, 1.54) is 12.1 Å². The van der Waals surface area contributed by atoms with E-state index >= 15 is 0 Å². The Morgan fingerprint density at radius 1 is 1.07 bits per heavy atom. The molecule has 0 spiro atoms. The third-order valence-electron chi connectivity index (χ3n) is 4.20. The Kier molecular flexibility index (Phi) is 5.79. The molecule has 8 heteroatoms. The van der Waals surface area contributed by atoms with Crippen molar-refractivity contribution in [2.45, 2.75) is 18.7 Å². The smallest absolute Gasteiger partial charge is 0.416 e. The number of halogens is 3. The molecule has 0 fully saturated rings. The molecule has 0 radical (unpaired) electrons. The summed E-state index contributed by atoms with van der Waals surface area (Å²) in [6.45, 7) is -0.0764. The number of ketones is 1. The lowest BCUT2D eigenvalue weighted by molar-refractivity contribution is -0.137. The largest absolute Gasteiger partial charge is 0.481 e. The number of Topliss-reactive ketones (excluding diaryl/α,β-unsaturated/α-hetero) is 1. The van der Waals surface area contributed by atoms with Crippen molar-refractivity contribution in [3.05, 3.63) is 72.1 Å². The zero-order valence-corrected chi connectivity index (χ0v) is 14.7. The van der Waals surface area contributed by atoms with Gasteiger partial charge in [-0.15, -0.1) is 0 Å². The predicted octanol–water partition coefficient (Wildman–Crippen LogP) is 3.61. The molecule has 146 valence electrons. The monoisotopic (exact) mass is 389 g/mol. The average Bonchev–Trinajstić information content (AvgIpc) is 3.21. The molecule has 0 bridgehead atoms. The van der Waals surface area contributed by atoms with Crippen molar-refractivity contribution in [3.63, 3.8) is 0 Å². The van der Waals surface area contributed by atoms with E-state index in [9.17, 15) is 18.0 Å². The second kappa shape index (κ2) is 8.26. The number of nitrogens with two attached hydrogens (primary N) is 1. The number of rotatable bonds is 7. The number of ether oxygens (including phenoxy) is 1. The van der Waals surface area contributed by atoms with Crippen LogP contribution in [-0.2, 0) is 17.4 Å². The summed E-state index contributed by atoms with van der Waals surface area (Å²) in [5.74, 6) is -0.0921. The highest BCUT2D eigenvalue weighted by molar-refractivity contribution is 5.86. The number of nitrogens with one attached hydrogen (secondary N) is 1. The minimum absolute atomic E-state index is 0.0764. The third kappa shape index (κ3) is 4.77. The van der Waals surface area contributed by atoms with E-state index in [0.29, 0.717) is 0 Å². The van der Waals surface area contributed by atoms with Crippen molar-refractivity contribution < 1.29 is 22.7 Å². The second-order valence-electron chi connectivity index (χ2n) is 6.19. The number of hydrogen-bond donors (Lipinski definition) is 2. The number of hydrogen-bond acceptors (Lipinski definition) is 4. The van der Waals surface area contributed by atoms with Crippen molar-refractivity contribution in [1.82, 2.24) is 10.2 Å². The summed E-state index contributed by atoms with van der Waals surface area (Å²) in [4.78, 5) is 12.5. The summed E-state index contributed by atoms with van der Waals surface area (Å²) in [7, 11) is 0. The molecule has 1 atom stereocenters. The molecule has 3 rings (SSSR count). The van der Waals surface area contributed by atoms with E-state index in [0.717, 1.165) is 28.8 Å². The maximum atomic E-state index is 12.6. The van der Waals surface area contributed by atoms with Crippen molar-refractivity contribution in [1.29, 1.82) is 0 Å². The van der Waals surface area contributed by atoms with Crippen LogP contribution in [0.15, 0.2) is 60.9 Å². The van der Waals surface area contributed by atoms with E-state index in [1.807, 2.05) is 24.3 Å². The van der Waals surface area contributed by atoms with Crippen LogP contribution >= 0.6 is 0 Å². The Bertz CT molecular complexity index is 905. The first-order valence-corrected chi connectivity index (χ1v) is 8.51. The number of carbonyl (C=O) groups is 1. The fourth-order valence-corrected chi connectivity index (χ4v) is 2.67. The molecule has 2 aromatic carbocycles. The zero-order chi connectivity index (χ0) is 20.1. The molecule has 0 aliphatic heterocycles. The summed E-state index contributed by atoms with van der Waals surface area (Å²) in [6.07, 6.45) is -1.80.